The van der Waals surface area contributed by atoms with Crippen LogP contribution in [0.3, 0.4) is 0 Å². The second kappa shape index (κ2) is 15.3. The van der Waals surface area contributed by atoms with Gasteiger partial charge < -0.3 is 10.4 Å². The molecular weight excluding hydrogens is 622 g/mol. The first-order valence-corrected chi connectivity index (χ1v) is 14.4. The number of anilines is 1. The van der Waals surface area contributed by atoms with Crippen molar-refractivity contribution in [2.24, 2.45) is 20.5 Å². The number of carbonyl (C=O) groups is 1. The molecule has 13 nitrogen and oxygen atoms in total. The number of fused-ring (bicyclic) bond motifs is 1. The second-order valence-electron chi connectivity index (χ2n) is 9.14. The number of aromatic hydroxyl groups is 1. The molecule has 0 aliphatic rings. The summed E-state index contributed by atoms with van der Waals surface area (Å²) in [6, 6.07) is 27.5. The molecule has 15 heteroatoms. The molecule has 0 aliphatic heterocycles. The number of nitrogens with zero attached hydrogens (tertiary/aromatic N) is 4. The molecule has 0 saturated heterocycles. The Hall–Kier alpha value is -4.71. The van der Waals surface area contributed by atoms with Gasteiger partial charge in [-0.05, 0) is 96.7 Å². The first-order chi connectivity index (χ1) is 21.9. The number of hydrogen-bond donors (Lipinski definition) is 4. The minimum Gasteiger partial charge on any atom is -0.505 e. The summed E-state index contributed by atoms with van der Waals surface area (Å²) in [6.07, 6.45) is 0. The van der Waals surface area contributed by atoms with Gasteiger partial charge >= 0.3 is 0 Å². The summed E-state index contributed by atoms with van der Waals surface area (Å²) < 4.78 is 9.03. The van der Waals surface area contributed by atoms with Gasteiger partial charge in [-0.1, -0.05) is 28.3 Å². The lowest BCUT2D eigenvalue weighted by atomic mass is 10.1. The number of rotatable bonds is 12. The Kier molecular flexibility index (Phi) is 10.8. The molecule has 5 rings (SSSR count). The molecule has 0 atom stereocenters. The molecule has 0 unspecified atom stereocenters. The van der Waals surface area contributed by atoms with E-state index in [9.17, 15) is 9.90 Å². The fourth-order valence-electron chi connectivity index (χ4n) is 4.09. The minimum atomic E-state index is -0.284. The van der Waals surface area contributed by atoms with E-state index in [-0.39, 0.29) is 22.2 Å². The fraction of sp³-hybridized carbons (Fsp3) is 0.0333. The molecule has 0 radical (unpaired) electrons. The van der Waals surface area contributed by atoms with Crippen LogP contribution in [0, 0.1) is 6.92 Å². The SMILES string of the molecule is Cc1cc(N=Nc2ccc(SOOO)cc2)ccc1N=Nc1c(SOOO)cc2cc(NC(=O)c3ccccc3)ccc2c1O. The Bertz CT molecular complexity index is 1860. The number of amides is 1. The van der Waals surface area contributed by atoms with Gasteiger partial charge in [-0.15, -0.1) is 13.8 Å². The van der Waals surface area contributed by atoms with Gasteiger partial charge in [-0.3, -0.25) is 4.79 Å². The van der Waals surface area contributed by atoms with E-state index in [2.05, 4.69) is 44.5 Å². The van der Waals surface area contributed by atoms with Crippen LogP contribution in [0.4, 0.5) is 28.4 Å². The molecule has 0 aromatic heterocycles. The van der Waals surface area contributed by atoms with Gasteiger partial charge in [0.05, 0.1) is 46.0 Å². The van der Waals surface area contributed by atoms with E-state index in [1.54, 1.807) is 91.0 Å². The smallest absolute Gasteiger partial charge is 0.255 e. The normalized spacial score (nSPS) is 11.5. The molecule has 0 bridgehead atoms. The number of azo groups is 2. The molecule has 228 valence electrons. The van der Waals surface area contributed by atoms with Crippen LogP contribution in [0.5, 0.6) is 5.75 Å². The van der Waals surface area contributed by atoms with Gasteiger partial charge in [0.1, 0.15) is 5.69 Å². The van der Waals surface area contributed by atoms with Crippen molar-refractivity contribution in [2.45, 2.75) is 16.7 Å². The Morgan fingerprint density at radius 3 is 2.20 bits per heavy atom. The summed E-state index contributed by atoms with van der Waals surface area (Å²) in [5, 5.41) is 56.4. The number of carbonyl (C=O) groups excluding carboxylic acids is 1. The van der Waals surface area contributed by atoms with Crippen molar-refractivity contribution in [1.29, 1.82) is 0 Å². The third kappa shape index (κ3) is 8.27. The Balaban J connectivity index is 1.36. The van der Waals surface area contributed by atoms with Crippen molar-refractivity contribution in [3.63, 3.8) is 0 Å². The molecule has 45 heavy (non-hydrogen) atoms. The average Bonchev–Trinajstić information content (AvgIpc) is 3.06. The lowest BCUT2D eigenvalue weighted by Gasteiger charge is -2.11. The number of aryl methyl sites for hydroxylation is 1. The van der Waals surface area contributed by atoms with Gasteiger partial charge in [-0.25, -0.2) is 10.5 Å². The van der Waals surface area contributed by atoms with Crippen molar-refractivity contribution < 1.29 is 39.2 Å². The number of benzene rings is 5. The van der Waals surface area contributed by atoms with E-state index >= 15 is 0 Å². The van der Waals surface area contributed by atoms with Crippen molar-refractivity contribution in [1.82, 2.24) is 0 Å². The minimum absolute atomic E-state index is 0.0753. The molecular formula is C30H23N5O8S2. The first-order valence-electron chi connectivity index (χ1n) is 12.9. The largest absolute Gasteiger partial charge is 0.505 e. The zero-order valence-corrected chi connectivity index (χ0v) is 24.9. The quantitative estimate of drug-likeness (QED) is 0.0442. The summed E-state index contributed by atoms with van der Waals surface area (Å²) in [4.78, 5) is 13.6. The summed E-state index contributed by atoms with van der Waals surface area (Å²) >= 11 is 1.46. The molecule has 1 amide bonds. The molecule has 0 saturated carbocycles. The van der Waals surface area contributed by atoms with Crippen molar-refractivity contribution >= 4 is 69.2 Å². The van der Waals surface area contributed by atoms with E-state index in [0.717, 1.165) is 17.6 Å². The number of phenolic OH excluding ortho intramolecular Hbond substituents is 1. The fourth-order valence-corrected chi connectivity index (χ4v) is 4.94. The second-order valence-corrected chi connectivity index (χ2v) is 10.7. The number of nitrogens with one attached hydrogen (secondary N) is 1. The van der Waals surface area contributed by atoms with Crippen LogP contribution in [0.1, 0.15) is 15.9 Å². The molecule has 0 fully saturated rings. The van der Waals surface area contributed by atoms with Gasteiger partial charge in [0.2, 0.25) is 0 Å². The highest BCUT2D eigenvalue weighted by atomic mass is 32.2. The lowest BCUT2D eigenvalue weighted by molar-refractivity contribution is -0.432. The highest BCUT2D eigenvalue weighted by Crippen LogP contribution is 2.44. The van der Waals surface area contributed by atoms with Crippen LogP contribution in [0.25, 0.3) is 10.8 Å². The Labute approximate surface area is 264 Å². The molecule has 0 heterocycles. The van der Waals surface area contributed by atoms with Crippen LogP contribution < -0.4 is 5.32 Å². The van der Waals surface area contributed by atoms with Crippen LogP contribution >= 0.6 is 24.1 Å². The van der Waals surface area contributed by atoms with Crippen molar-refractivity contribution in [2.75, 3.05) is 5.32 Å². The monoisotopic (exact) mass is 645 g/mol. The molecule has 0 aliphatic carbocycles. The average molecular weight is 646 g/mol. The predicted molar refractivity (Wildman–Crippen MR) is 167 cm³/mol. The van der Waals surface area contributed by atoms with Gasteiger partial charge in [0.25, 0.3) is 5.91 Å². The van der Waals surface area contributed by atoms with Crippen LogP contribution in [0.2, 0.25) is 0 Å². The zero-order valence-electron chi connectivity index (χ0n) is 23.2. The van der Waals surface area contributed by atoms with Gasteiger partial charge in [0.15, 0.2) is 5.75 Å². The van der Waals surface area contributed by atoms with Crippen LogP contribution in [-0.4, -0.2) is 21.5 Å². The van der Waals surface area contributed by atoms with E-state index in [0.29, 0.717) is 56.0 Å². The third-order valence-corrected chi connectivity index (χ3v) is 7.43. The molecule has 0 spiro atoms. The van der Waals surface area contributed by atoms with E-state index in [1.165, 1.54) is 0 Å². The summed E-state index contributed by atoms with van der Waals surface area (Å²) in [6.45, 7) is 1.83. The summed E-state index contributed by atoms with van der Waals surface area (Å²) in [7, 11) is 0. The molecule has 4 N–H and O–H groups in total. The van der Waals surface area contributed by atoms with E-state index in [4.69, 9.17) is 10.5 Å². The maximum atomic E-state index is 12.6. The lowest BCUT2D eigenvalue weighted by Crippen LogP contribution is -2.11. The van der Waals surface area contributed by atoms with Crippen molar-refractivity contribution in [3.8, 4) is 5.75 Å². The Morgan fingerprint density at radius 2 is 1.47 bits per heavy atom. The summed E-state index contributed by atoms with van der Waals surface area (Å²) in [5.74, 6) is -0.474. The molecule has 5 aromatic carbocycles. The standard InChI is InChI=1S/C30H23N5O8S2/c1-18-15-23(33-32-21-7-11-24(12-8-21)44-42-40-38)10-14-26(18)34-35-28-27(45-43-41-39)17-20-16-22(9-13-25(20)29(28)36)31-30(37)19-5-3-2-4-6-19/h2-17,36,38-39H,1H3,(H,31,37). The van der Waals surface area contributed by atoms with E-state index in [1.807, 2.05) is 13.0 Å². The summed E-state index contributed by atoms with van der Waals surface area (Å²) in [5.41, 5.74) is 3.51. The highest BCUT2D eigenvalue weighted by Gasteiger charge is 2.16. The number of phenols is 1. The van der Waals surface area contributed by atoms with Gasteiger partial charge in [-0.2, -0.15) is 15.3 Å². The highest BCUT2D eigenvalue weighted by molar-refractivity contribution is 7.94. The molecule has 5 aromatic rings. The van der Waals surface area contributed by atoms with E-state index < -0.39 is 0 Å². The topological polar surface area (TPSA) is 176 Å². The number of hydrogen-bond acceptors (Lipinski definition) is 14. The first kappa shape index (κ1) is 31.7. The van der Waals surface area contributed by atoms with Crippen LogP contribution in [-0.2, 0) is 18.7 Å². The maximum absolute atomic E-state index is 12.6. The van der Waals surface area contributed by atoms with Crippen LogP contribution in [0.15, 0.2) is 127 Å². The Morgan fingerprint density at radius 1 is 0.756 bits per heavy atom. The van der Waals surface area contributed by atoms with Gasteiger partial charge in [0, 0.05) is 21.5 Å². The predicted octanol–water partition coefficient (Wildman–Crippen LogP) is 9.79. The zero-order chi connectivity index (χ0) is 31.6. The van der Waals surface area contributed by atoms with Crippen molar-refractivity contribution in [3.05, 3.63) is 108 Å². The third-order valence-electron chi connectivity index (χ3n) is 6.22. The maximum Gasteiger partial charge on any atom is 0.255 e.